The topological polar surface area (TPSA) is 24.5 Å². The number of hydrogen-bond acceptors (Lipinski definition) is 3. The van der Waals surface area contributed by atoms with Gasteiger partial charge in [-0.3, -0.25) is 0 Å². The minimum absolute atomic E-state index is 0.458. The molecule has 0 bridgehead atoms. The van der Waals surface area contributed by atoms with Crippen molar-refractivity contribution in [1.29, 1.82) is 0 Å². The number of ether oxygens (including phenoxy) is 1. The smallest absolute Gasteiger partial charge is 0.0608 e. The molecule has 0 atom stereocenters. The molecule has 0 radical (unpaired) electrons. The van der Waals surface area contributed by atoms with Gasteiger partial charge in [-0.2, -0.15) is 0 Å². The molecule has 19 heavy (non-hydrogen) atoms. The van der Waals surface area contributed by atoms with Gasteiger partial charge in [0.15, 0.2) is 0 Å². The van der Waals surface area contributed by atoms with Crippen molar-refractivity contribution in [1.82, 2.24) is 5.32 Å². The lowest BCUT2D eigenvalue weighted by molar-refractivity contribution is 0.0459. The first-order chi connectivity index (χ1) is 9.24. The number of rotatable bonds is 5. The minimum atomic E-state index is 0.458. The van der Waals surface area contributed by atoms with E-state index < -0.39 is 0 Å². The van der Waals surface area contributed by atoms with Crippen LogP contribution in [0.25, 0.3) is 0 Å². The molecule has 1 heterocycles. The lowest BCUT2D eigenvalue weighted by Crippen LogP contribution is -2.37. The highest BCUT2D eigenvalue weighted by Gasteiger charge is 2.20. The molecule has 1 N–H and O–H groups in total. The third-order valence-corrected chi connectivity index (χ3v) is 3.79. The summed E-state index contributed by atoms with van der Waals surface area (Å²) in [7, 11) is 2.01. The first kappa shape index (κ1) is 14.4. The largest absolute Gasteiger partial charge is 0.378 e. The summed E-state index contributed by atoms with van der Waals surface area (Å²) in [5, 5.41) is 3.27. The van der Waals surface area contributed by atoms with Crippen LogP contribution < -0.4 is 10.2 Å². The molecular formula is C16H26N2O. The molecule has 1 aliphatic rings. The second kappa shape index (κ2) is 6.92. The van der Waals surface area contributed by atoms with Crippen LogP contribution in [-0.2, 0) is 11.3 Å². The number of nitrogens with zero attached hydrogens (tertiary/aromatic N) is 1. The normalized spacial score (nSPS) is 16.9. The fourth-order valence-electron chi connectivity index (χ4n) is 2.85. The number of piperidine rings is 1. The summed E-state index contributed by atoms with van der Waals surface area (Å²) >= 11 is 0. The number of anilines is 1. The van der Waals surface area contributed by atoms with Crippen molar-refractivity contribution < 1.29 is 4.74 Å². The van der Waals surface area contributed by atoms with Crippen molar-refractivity contribution in [2.45, 2.75) is 39.3 Å². The van der Waals surface area contributed by atoms with Gasteiger partial charge in [-0.05, 0) is 45.4 Å². The second-order valence-corrected chi connectivity index (χ2v) is 5.30. The predicted octanol–water partition coefficient (Wildman–Crippen LogP) is 2.72. The van der Waals surface area contributed by atoms with Crippen molar-refractivity contribution >= 4 is 5.69 Å². The lowest BCUT2D eigenvalue weighted by atomic mass is 10.0. The molecule has 1 aliphatic heterocycles. The van der Waals surface area contributed by atoms with Crippen molar-refractivity contribution in [3.63, 3.8) is 0 Å². The van der Waals surface area contributed by atoms with Gasteiger partial charge in [-0.25, -0.2) is 0 Å². The molecule has 3 nitrogen and oxygen atoms in total. The van der Waals surface area contributed by atoms with Gasteiger partial charge in [0.1, 0.15) is 0 Å². The highest BCUT2D eigenvalue weighted by atomic mass is 16.5. The van der Waals surface area contributed by atoms with Crippen LogP contribution in [0.5, 0.6) is 0 Å². The zero-order valence-corrected chi connectivity index (χ0v) is 12.4. The van der Waals surface area contributed by atoms with Crippen molar-refractivity contribution in [3.05, 3.63) is 29.3 Å². The van der Waals surface area contributed by atoms with Crippen LogP contribution in [0.4, 0.5) is 5.69 Å². The van der Waals surface area contributed by atoms with Gasteiger partial charge in [0, 0.05) is 31.9 Å². The third kappa shape index (κ3) is 3.71. The van der Waals surface area contributed by atoms with Crippen LogP contribution in [0.2, 0.25) is 0 Å². The van der Waals surface area contributed by atoms with E-state index in [0.29, 0.717) is 6.10 Å². The van der Waals surface area contributed by atoms with Crippen LogP contribution in [0.3, 0.4) is 0 Å². The minimum Gasteiger partial charge on any atom is -0.378 e. The van der Waals surface area contributed by atoms with E-state index in [1.54, 1.807) is 0 Å². The van der Waals surface area contributed by atoms with Crippen LogP contribution in [-0.4, -0.2) is 32.8 Å². The second-order valence-electron chi connectivity index (χ2n) is 5.30. The van der Waals surface area contributed by atoms with Crippen LogP contribution in [0.15, 0.2) is 18.2 Å². The first-order valence-corrected chi connectivity index (χ1v) is 7.35. The van der Waals surface area contributed by atoms with Gasteiger partial charge in [0.2, 0.25) is 0 Å². The summed E-state index contributed by atoms with van der Waals surface area (Å²) in [5.74, 6) is 0. The monoisotopic (exact) mass is 262 g/mol. The van der Waals surface area contributed by atoms with E-state index in [1.807, 2.05) is 7.05 Å². The van der Waals surface area contributed by atoms with Crippen LogP contribution in [0, 0.1) is 6.92 Å². The zero-order valence-electron chi connectivity index (χ0n) is 12.4. The Morgan fingerprint density at radius 1 is 1.32 bits per heavy atom. The Hall–Kier alpha value is -1.06. The van der Waals surface area contributed by atoms with Gasteiger partial charge >= 0.3 is 0 Å². The maximum atomic E-state index is 5.72. The third-order valence-electron chi connectivity index (χ3n) is 3.79. The fourth-order valence-corrected chi connectivity index (χ4v) is 2.85. The Kier molecular flexibility index (Phi) is 5.23. The summed E-state index contributed by atoms with van der Waals surface area (Å²) in [6, 6.07) is 6.77. The maximum Gasteiger partial charge on any atom is 0.0608 e. The molecule has 3 heteroatoms. The van der Waals surface area contributed by atoms with Crippen molar-refractivity contribution in [2.24, 2.45) is 0 Å². The van der Waals surface area contributed by atoms with Crippen LogP contribution >= 0.6 is 0 Å². The molecule has 0 aliphatic carbocycles. The van der Waals surface area contributed by atoms with Gasteiger partial charge < -0.3 is 15.0 Å². The van der Waals surface area contributed by atoms with Crippen LogP contribution in [0.1, 0.15) is 30.9 Å². The van der Waals surface area contributed by atoms with Crippen molar-refractivity contribution in [3.8, 4) is 0 Å². The first-order valence-electron chi connectivity index (χ1n) is 7.35. The molecule has 0 amide bonds. The highest BCUT2D eigenvalue weighted by molar-refractivity contribution is 5.55. The Bertz CT molecular complexity index is 398. The van der Waals surface area contributed by atoms with Gasteiger partial charge in [-0.1, -0.05) is 17.7 Å². The molecular weight excluding hydrogens is 236 g/mol. The molecule has 0 spiro atoms. The summed E-state index contributed by atoms with van der Waals surface area (Å²) in [5.41, 5.74) is 4.12. The standard InChI is InChI=1S/C16H26N2O/c1-4-19-15-7-9-18(10-8-15)16-6-5-13(2)11-14(16)12-17-3/h5-6,11,15,17H,4,7-10,12H2,1-3H3. The van der Waals surface area contributed by atoms with E-state index in [9.17, 15) is 0 Å². The van der Waals surface area contributed by atoms with E-state index >= 15 is 0 Å². The number of benzene rings is 1. The Balaban J connectivity index is 2.06. The molecule has 1 fully saturated rings. The van der Waals surface area contributed by atoms with E-state index in [-0.39, 0.29) is 0 Å². The molecule has 0 aromatic heterocycles. The summed E-state index contributed by atoms with van der Waals surface area (Å²) in [4.78, 5) is 2.50. The van der Waals surface area contributed by atoms with E-state index in [0.717, 1.165) is 39.1 Å². The average molecular weight is 262 g/mol. The van der Waals surface area contributed by atoms with Gasteiger partial charge in [-0.15, -0.1) is 0 Å². The zero-order chi connectivity index (χ0) is 13.7. The Labute approximate surface area is 116 Å². The molecule has 2 rings (SSSR count). The van der Waals surface area contributed by atoms with Crippen molar-refractivity contribution in [2.75, 3.05) is 31.6 Å². The molecule has 1 aromatic rings. The predicted molar refractivity (Wildman–Crippen MR) is 80.8 cm³/mol. The molecule has 106 valence electrons. The van der Waals surface area contributed by atoms with E-state index in [4.69, 9.17) is 4.74 Å². The van der Waals surface area contributed by atoms with E-state index in [1.165, 1.54) is 16.8 Å². The summed E-state index contributed by atoms with van der Waals surface area (Å²) < 4.78 is 5.72. The Morgan fingerprint density at radius 3 is 2.68 bits per heavy atom. The number of nitrogens with one attached hydrogen (secondary N) is 1. The molecule has 0 saturated carbocycles. The van der Waals surface area contributed by atoms with E-state index in [2.05, 4.69) is 42.3 Å². The maximum absolute atomic E-state index is 5.72. The average Bonchev–Trinajstić information content (AvgIpc) is 2.41. The lowest BCUT2D eigenvalue weighted by Gasteiger charge is -2.34. The SMILES string of the molecule is CCOC1CCN(c2ccc(C)cc2CNC)CC1. The van der Waals surface area contributed by atoms with Gasteiger partial charge in [0.25, 0.3) is 0 Å². The number of hydrogen-bond donors (Lipinski definition) is 1. The van der Waals surface area contributed by atoms with Gasteiger partial charge in [0.05, 0.1) is 6.10 Å². The quantitative estimate of drug-likeness (QED) is 0.883. The molecule has 1 saturated heterocycles. The highest BCUT2D eigenvalue weighted by Crippen LogP contribution is 2.26. The summed E-state index contributed by atoms with van der Waals surface area (Å²) in [6.45, 7) is 8.21. The number of aryl methyl sites for hydroxylation is 1. The molecule has 1 aromatic carbocycles. The summed E-state index contributed by atoms with van der Waals surface area (Å²) in [6.07, 6.45) is 2.74. The fraction of sp³-hybridized carbons (Fsp3) is 0.625. The molecule has 0 unspecified atom stereocenters. The Morgan fingerprint density at radius 2 is 2.05 bits per heavy atom.